The van der Waals surface area contributed by atoms with Crippen LogP contribution < -0.4 is 5.73 Å². The minimum Gasteiger partial charge on any atom is -0.481 e. The molecule has 3 nitrogen and oxygen atoms in total. The second-order valence-electron chi connectivity index (χ2n) is 5.52. The van der Waals surface area contributed by atoms with Gasteiger partial charge in [0, 0.05) is 7.14 Å². The Morgan fingerprint density at radius 2 is 1.80 bits per heavy atom. The highest BCUT2D eigenvalue weighted by molar-refractivity contribution is 14.1. The number of aliphatic carboxylic acids is 1. The molecule has 0 bridgehead atoms. The van der Waals surface area contributed by atoms with Crippen molar-refractivity contribution in [3.63, 3.8) is 0 Å². The maximum Gasteiger partial charge on any atom is 0.307 e. The van der Waals surface area contributed by atoms with E-state index in [1.54, 1.807) is 0 Å². The van der Waals surface area contributed by atoms with Gasteiger partial charge in [0.2, 0.25) is 0 Å². The van der Waals surface area contributed by atoms with Crippen LogP contribution in [-0.4, -0.2) is 11.1 Å². The first-order chi connectivity index (χ1) is 9.49. The van der Waals surface area contributed by atoms with Crippen molar-refractivity contribution in [2.24, 2.45) is 11.8 Å². The van der Waals surface area contributed by atoms with Crippen LogP contribution >= 0.6 is 45.2 Å². The summed E-state index contributed by atoms with van der Waals surface area (Å²) in [6.45, 7) is 0. The van der Waals surface area contributed by atoms with Gasteiger partial charge >= 0.3 is 5.97 Å². The zero-order valence-corrected chi connectivity index (χ0v) is 15.6. The summed E-state index contributed by atoms with van der Waals surface area (Å²) in [4.78, 5) is 11.6. The summed E-state index contributed by atoms with van der Waals surface area (Å²) >= 11 is 4.43. The van der Waals surface area contributed by atoms with E-state index in [1.165, 1.54) is 19.3 Å². The molecule has 0 aliphatic heterocycles. The van der Waals surface area contributed by atoms with Crippen LogP contribution in [0.4, 0.5) is 5.69 Å². The van der Waals surface area contributed by atoms with Gasteiger partial charge < -0.3 is 10.8 Å². The molecule has 3 N–H and O–H groups in total. The van der Waals surface area contributed by atoms with E-state index in [1.807, 2.05) is 12.1 Å². The molecule has 0 spiro atoms. The Morgan fingerprint density at radius 1 is 1.25 bits per heavy atom. The van der Waals surface area contributed by atoms with Crippen LogP contribution in [0.15, 0.2) is 12.1 Å². The Labute approximate surface area is 147 Å². The maximum absolute atomic E-state index is 11.6. The number of benzene rings is 1. The first-order valence-electron chi connectivity index (χ1n) is 6.95. The topological polar surface area (TPSA) is 63.3 Å². The van der Waals surface area contributed by atoms with Crippen LogP contribution in [0.1, 0.15) is 37.7 Å². The fraction of sp³-hybridized carbons (Fsp3) is 0.533. The van der Waals surface area contributed by atoms with Crippen LogP contribution in [0.25, 0.3) is 0 Å². The van der Waals surface area contributed by atoms with E-state index in [4.69, 9.17) is 5.73 Å². The number of carboxylic acids is 1. The Bertz CT molecular complexity index is 476. The largest absolute Gasteiger partial charge is 0.481 e. The third kappa shape index (κ3) is 3.99. The predicted molar refractivity (Wildman–Crippen MR) is 97.7 cm³/mol. The average Bonchev–Trinajstić information content (AvgIpc) is 2.42. The molecule has 0 aromatic heterocycles. The van der Waals surface area contributed by atoms with Crippen LogP contribution in [0.3, 0.4) is 0 Å². The fourth-order valence-electron chi connectivity index (χ4n) is 3.00. The molecule has 1 atom stereocenters. The zero-order chi connectivity index (χ0) is 14.7. The van der Waals surface area contributed by atoms with Gasteiger partial charge in [-0.05, 0) is 88.1 Å². The number of hydrogen-bond acceptors (Lipinski definition) is 2. The molecule has 0 saturated heterocycles. The summed E-state index contributed by atoms with van der Waals surface area (Å²) in [6, 6.07) is 4.05. The standard InChI is InChI=1S/C15H19I2NO2/c16-12-7-9(8-13(17)14(12)18)6-11(15(19)20)10-4-2-1-3-5-10/h7-8,10-11H,1-6,18H2,(H,19,20). The first-order valence-corrected chi connectivity index (χ1v) is 9.11. The highest BCUT2D eigenvalue weighted by atomic mass is 127. The lowest BCUT2D eigenvalue weighted by molar-refractivity contribution is -0.144. The lowest BCUT2D eigenvalue weighted by Crippen LogP contribution is -2.27. The average molecular weight is 499 g/mol. The molecule has 2 rings (SSSR count). The molecule has 1 aromatic carbocycles. The highest BCUT2D eigenvalue weighted by Gasteiger charge is 2.29. The number of rotatable bonds is 4. The molecule has 5 heteroatoms. The Kier molecular flexibility index (Phi) is 5.95. The summed E-state index contributed by atoms with van der Waals surface area (Å²) < 4.78 is 2.02. The number of anilines is 1. The van der Waals surface area contributed by atoms with Crippen molar-refractivity contribution in [1.29, 1.82) is 0 Å². The number of nitrogen functional groups attached to an aromatic ring is 1. The van der Waals surface area contributed by atoms with Crippen molar-refractivity contribution in [2.75, 3.05) is 5.73 Å². The van der Waals surface area contributed by atoms with E-state index < -0.39 is 5.97 Å². The fourth-order valence-corrected chi connectivity index (χ4v) is 4.90. The zero-order valence-electron chi connectivity index (χ0n) is 11.2. The van der Waals surface area contributed by atoms with Gasteiger partial charge in [-0.1, -0.05) is 19.3 Å². The smallest absolute Gasteiger partial charge is 0.307 e. The van der Waals surface area contributed by atoms with Gasteiger partial charge in [0.25, 0.3) is 0 Å². The van der Waals surface area contributed by atoms with Crippen LogP contribution in [-0.2, 0) is 11.2 Å². The summed E-state index contributed by atoms with van der Waals surface area (Å²) in [5, 5.41) is 9.55. The third-order valence-corrected chi connectivity index (χ3v) is 5.92. The molecule has 0 amide bonds. The van der Waals surface area contributed by atoms with Crippen LogP contribution in [0.5, 0.6) is 0 Å². The van der Waals surface area contributed by atoms with E-state index in [0.717, 1.165) is 31.2 Å². The van der Waals surface area contributed by atoms with E-state index in [-0.39, 0.29) is 5.92 Å². The van der Waals surface area contributed by atoms with E-state index >= 15 is 0 Å². The summed E-state index contributed by atoms with van der Waals surface area (Å²) in [5.41, 5.74) is 7.83. The monoisotopic (exact) mass is 499 g/mol. The molecule has 1 unspecified atom stereocenters. The van der Waals surface area contributed by atoms with Crippen LogP contribution in [0.2, 0.25) is 0 Å². The molecule has 1 fully saturated rings. The van der Waals surface area contributed by atoms with Gasteiger partial charge in [-0.2, -0.15) is 0 Å². The second-order valence-corrected chi connectivity index (χ2v) is 7.84. The van der Waals surface area contributed by atoms with Crippen molar-refractivity contribution in [3.8, 4) is 0 Å². The molecule has 1 aliphatic carbocycles. The molecular formula is C15H19I2NO2. The Hall–Kier alpha value is -0.0500. The van der Waals surface area contributed by atoms with E-state index in [0.29, 0.717) is 12.3 Å². The van der Waals surface area contributed by atoms with Crippen molar-refractivity contribution in [1.82, 2.24) is 0 Å². The molecular weight excluding hydrogens is 480 g/mol. The van der Waals surface area contributed by atoms with E-state index in [2.05, 4.69) is 45.2 Å². The molecule has 1 aromatic rings. The normalized spacial score (nSPS) is 17.9. The molecule has 110 valence electrons. The number of carbonyl (C=O) groups is 1. The Morgan fingerprint density at radius 3 is 2.30 bits per heavy atom. The molecule has 0 heterocycles. The SMILES string of the molecule is Nc1c(I)cc(CC(C(=O)O)C2CCCCC2)cc1I. The lowest BCUT2D eigenvalue weighted by atomic mass is 9.77. The number of halogens is 2. The van der Waals surface area contributed by atoms with Gasteiger partial charge in [-0.15, -0.1) is 0 Å². The van der Waals surface area contributed by atoms with Gasteiger partial charge in [0.1, 0.15) is 0 Å². The van der Waals surface area contributed by atoms with Crippen molar-refractivity contribution < 1.29 is 9.90 Å². The van der Waals surface area contributed by atoms with Crippen molar-refractivity contribution in [2.45, 2.75) is 38.5 Å². The number of hydrogen-bond donors (Lipinski definition) is 2. The third-order valence-electron chi connectivity index (χ3n) is 4.13. The number of carboxylic acid groups (broad SMARTS) is 1. The maximum atomic E-state index is 11.6. The van der Waals surface area contributed by atoms with Gasteiger partial charge in [0.15, 0.2) is 0 Å². The minimum absolute atomic E-state index is 0.259. The van der Waals surface area contributed by atoms with Crippen molar-refractivity contribution >= 4 is 56.8 Å². The van der Waals surface area contributed by atoms with Gasteiger partial charge in [0.05, 0.1) is 11.6 Å². The van der Waals surface area contributed by atoms with Gasteiger partial charge in [-0.3, -0.25) is 4.79 Å². The summed E-state index contributed by atoms with van der Waals surface area (Å²) in [6.07, 6.45) is 6.32. The second kappa shape index (κ2) is 7.29. The minimum atomic E-state index is -0.654. The summed E-state index contributed by atoms with van der Waals surface area (Å²) in [7, 11) is 0. The quantitative estimate of drug-likeness (QED) is 0.480. The predicted octanol–water partition coefficient (Wildman–Crippen LogP) is 4.30. The van der Waals surface area contributed by atoms with Crippen molar-refractivity contribution in [3.05, 3.63) is 24.8 Å². The first kappa shape index (κ1) is 16.3. The van der Waals surface area contributed by atoms with Crippen LogP contribution in [0, 0.1) is 19.0 Å². The summed E-state index contributed by atoms with van der Waals surface area (Å²) in [5.74, 6) is -0.585. The molecule has 1 aliphatic rings. The lowest BCUT2D eigenvalue weighted by Gasteiger charge is -2.27. The van der Waals surface area contributed by atoms with E-state index in [9.17, 15) is 9.90 Å². The Balaban J connectivity index is 2.17. The van der Waals surface area contributed by atoms with Gasteiger partial charge in [-0.25, -0.2) is 0 Å². The highest BCUT2D eigenvalue weighted by Crippen LogP contribution is 2.33. The molecule has 0 radical (unpaired) electrons. The molecule has 20 heavy (non-hydrogen) atoms. The molecule has 1 saturated carbocycles. The number of nitrogens with two attached hydrogens (primary N) is 1.